The smallest absolute Gasteiger partial charge is 0.303 e. The molecule has 3 nitrogen and oxygen atoms in total. The molecule has 0 aromatic carbocycles. The number of pyridine rings is 2. The van der Waals surface area contributed by atoms with Gasteiger partial charge in [-0.3, -0.25) is 9.97 Å². The largest absolute Gasteiger partial charge is 0.433 e. The Labute approximate surface area is 113 Å². The van der Waals surface area contributed by atoms with Crippen LogP contribution in [0.3, 0.4) is 0 Å². The van der Waals surface area contributed by atoms with Gasteiger partial charge in [-0.05, 0) is 30.7 Å². The number of nitrogens with zero attached hydrogens (tertiary/aromatic N) is 2. The Balaban J connectivity index is 2.25. The molecule has 0 fully saturated rings. The maximum absolute atomic E-state index is 12.4. The molecule has 0 unspecified atom stereocenters. The molecule has 104 valence electrons. The van der Waals surface area contributed by atoms with Crippen LogP contribution in [0.4, 0.5) is 13.2 Å². The van der Waals surface area contributed by atoms with Crippen molar-refractivity contribution in [1.29, 1.82) is 0 Å². The van der Waals surface area contributed by atoms with Gasteiger partial charge >= 0.3 is 6.18 Å². The third-order valence-corrected chi connectivity index (χ3v) is 2.67. The van der Waals surface area contributed by atoms with Gasteiger partial charge in [-0.25, -0.2) is 0 Å². The van der Waals surface area contributed by atoms with E-state index in [9.17, 15) is 18.0 Å². The summed E-state index contributed by atoms with van der Waals surface area (Å²) in [7, 11) is 0. The van der Waals surface area contributed by atoms with Crippen molar-refractivity contribution in [2.24, 2.45) is 0 Å². The summed E-state index contributed by atoms with van der Waals surface area (Å²) in [5, 5.41) is 0. The molecule has 2 heterocycles. The van der Waals surface area contributed by atoms with Gasteiger partial charge in [0.25, 0.3) is 0 Å². The van der Waals surface area contributed by atoms with Gasteiger partial charge in [-0.2, -0.15) is 13.2 Å². The van der Waals surface area contributed by atoms with Crippen LogP contribution in [0.1, 0.15) is 17.8 Å². The highest BCUT2D eigenvalue weighted by molar-refractivity contribution is 5.58. The summed E-state index contributed by atoms with van der Waals surface area (Å²) in [5.41, 5.74) is 0.827. The second kappa shape index (κ2) is 5.81. The quantitative estimate of drug-likeness (QED) is 0.807. The third kappa shape index (κ3) is 3.40. The average Bonchev–Trinajstić information content (AvgIpc) is 2.45. The number of alkyl halides is 3. The van der Waals surface area contributed by atoms with E-state index >= 15 is 0 Å². The highest BCUT2D eigenvalue weighted by Gasteiger charge is 2.32. The number of rotatable bonds is 4. The number of aryl methyl sites for hydroxylation is 1. The Morgan fingerprint density at radius 3 is 2.55 bits per heavy atom. The second-order valence-corrected chi connectivity index (χ2v) is 4.15. The van der Waals surface area contributed by atoms with Crippen molar-refractivity contribution in [3.63, 3.8) is 0 Å². The van der Waals surface area contributed by atoms with Gasteiger partial charge in [0.1, 0.15) is 12.0 Å². The first-order valence-corrected chi connectivity index (χ1v) is 5.94. The van der Waals surface area contributed by atoms with Crippen molar-refractivity contribution in [3.8, 4) is 11.3 Å². The molecule has 0 aliphatic carbocycles. The van der Waals surface area contributed by atoms with Gasteiger partial charge in [-0.15, -0.1) is 0 Å². The highest BCUT2D eigenvalue weighted by Crippen LogP contribution is 2.28. The van der Waals surface area contributed by atoms with Crippen LogP contribution in [-0.2, 0) is 17.4 Å². The zero-order chi connectivity index (χ0) is 14.6. The first-order valence-electron chi connectivity index (χ1n) is 5.94. The van der Waals surface area contributed by atoms with Crippen LogP contribution >= 0.6 is 0 Å². The molecule has 0 aliphatic heterocycles. The van der Waals surface area contributed by atoms with E-state index in [1.807, 2.05) is 0 Å². The van der Waals surface area contributed by atoms with E-state index in [1.54, 1.807) is 18.2 Å². The minimum atomic E-state index is -4.45. The minimum absolute atomic E-state index is 0.363. The summed E-state index contributed by atoms with van der Waals surface area (Å²) in [6, 6.07) is 7.47. The molecule has 0 amide bonds. The fraction of sp³-hybridized carbons (Fsp3) is 0.214. The minimum Gasteiger partial charge on any atom is -0.303 e. The van der Waals surface area contributed by atoms with Crippen LogP contribution in [0, 0.1) is 0 Å². The standard InChI is InChI=1S/C14H11F3N2O/c15-14(16,17)13-7-6-10(9-18-13)12-5-1-3-11(19-12)4-2-8-20/h1,3,5-9H,2,4H2. The van der Waals surface area contributed by atoms with Crippen LogP contribution in [-0.4, -0.2) is 16.3 Å². The molecule has 0 saturated carbocycles. The average molecular weight is 280 g/mol. The van der Waals surface area contributed by atoms with Crippen LogP contribution in [0.15, 0.2) is 36.5 Å². The third-order valence-electron chi connectivity index (χ3n) is 2.67. The summed E-state index contributed by atoms with van der Waals surface area (Å²) in [6.07, 6.45) is -1.63. The maximum Gasteiger partial charge on any atom is 0.433 e. The molecule has 0 spiro atoms. The van der Waals surface area contributed by atoms with Gasteiger partial charge in [0.15, 0.2) is 0 Å². The highest BCUT2D eigenvalue weighted by atomic mass is 19.4. The zero-order valence-corrected chi connectivity index (χ0v) is 10.4. The second-order valence-electron chi connectivity index (χ2n) is 4.15. The fourth-order valence-corrected chi connectivity index (χ4v) is 1.70. The van der Waals surface area contributed by atoms with Gasteiger partial charge in [0, 0.05) is 23.9 Å². The van der Waals surface area contributed by atoms with Crippen molar-refractivity contribution in [3.05, 3.63) is 47.9 Å². The van der Waals surface area contributed by atoms with Gasteiger partial charge in [0.05, 0.1) is 5.69 Å². The summed E-state index contributed by atoms with van der Waals surface area (Å²) in [6.45, 7) is 0. The van der Waals surface area contributed by atoms with Crippen LogP contribution < -0.4 is 0 Å². The van der Waals surface area contributed by atoms with Crippen molar-refractivity contribution in [2.75, 3.05) is 0 Å². The fourth-order valence-electron chi connectivity index (χ4n) is 1.70. The molecule has 2 rings (SSSR count). The predicted molar refractivity (Wildman–Crippen MR) is 66.9 cm³/mol. The Kier molecular flexibility index (Phi) is 4.12. The van der Waals surface area contributed by atoms with Crippen molar-refractivity contribution < 1.29 is 18.0 Å². The molecule has 0 radical (unpaired) electrons. The predicted octanol–water partition coefficient (Wildman–Crippen LogP) is 3.29. The van der Waals surface area contributed by atoms with Crippen LogP contribution in [0.25, 0.3) is 11.3 Å². The number of carbonyl (C=O) groups is 1. The van der Waals surface area contributed by atoms with E-state index in [-0.39, 0.29) is 0 Å². The van der Waals surface area contributed by atoms with Crippen molar-refractivity contribution >= 4 is 6.29 Å². The Hall–Kier alpha value is -2.24. The lowest BCUT2D eigenvalue weighted by Gasteiger charge is -2.07. The molecular weight excluding hydrogens is 269 g/mol. The maximum atomic E-state index is 12.4. The number of halogens is 3. The number of aromatic nitrogens is 2. The van der Waals surface area contributed by atoms with Gasteiger partial charge in [-0.1, -0.05) is 6.07 Å². The van der Waals surface area contributed by atoms with Gasteiger partial charge < -0.3 is 4.79 Å². The lowest BCUT2D eigenvalue weighted by atomic mass is 10.1. The molecule has 0 saturated heterocycles. The topological polar surface area (TPSA) is 42.9 Å². The summed E-state index contributed by atoms with van der Waals surface area (Å²) >= 11 is 0. The molecule has 6 heteroatoms. The summed E-state index contributed by atoms with van der Waals surface area (Å²) in [5.74, 6) is 0. The lowest BCUT2D eigenvalue weighted by molar-refractivity contribution is -0.141. The molecule has 20 heavy (non-hydrogen) atoms. The van der Waals surface area contributed by atoms with E-state index in [2.05, 4.69) is 9.97 Å². The van der Waals surface area contributed by atoms with E-state index < -0.39 is 11.9 Å². The SMILES string of the molecule is O=CCCc1cccc(-c2ccc(C(F)(F)F)nc2)n1. The molecule has 2 aromatic heterocycles. The van der Waals surface area contributed by atoms with E-state index in [1.165, 1.54) is 6.07 Å². The normalized spacial score (nSPS) is 11.3. The van der Waals surface area contributed by atoms with E-state index in [0.29, 0.717) is 24.1 Å². The number of hydrogen-bond acceptors (Lipinski definition) is 3. The molecule has 0 bridgehead atoms. The molecule has 0 aliphatic rings. The van der Waals surface area contributed by atoms with Crippen LogP contribution in [0.2, 0.25) is 0 Å². The first kappa shape index (κ1) is 14.2. The lowest BCUT2D eigenvalue weighted by Crippen LogP contribution is -2.07. The van der Waals surface area contributed by atoms with Crippen LogP contribution in [0.5, 0.6) is 0 Å². The van der Waals surface area contributed by atoms with Gasteiger partial charge in [0.2, 0.25) is 0 Å². The van der Waals surface area contributed by atoms with E-state index in [0.717, 1.165) is 24.2 Å². The summed E-state index contributed by atoms with van der Waals surface area (Å²) < 4.78 is 37.2. The zero-order valence-electron chi connectivity index (χ0n) is 10.4. The summed E-state index contributed by atoms with van der Waals surface area (Å²) in [4.78, 5) is 18.0. The Bertz CT molecular complexity index is 594. The first-order chi connectivity index (χ1) is 9.50. The molecular formula is C14H11F3N2O. The molecule has 0 atom stereocenters. The van der Waals surface area contributed by atoms with E-state index in [4.69, 9.17) is 0 Å². The molecule has 0 N–H and O–H groups in total. The Morgan fingerprint density at radius 2 is 1.95 bits per heavy atom. The number of aldehydes is 1. The number of hydrogen-bond donors (Lipinski definition) is 0. The Morgan fingerprint density at radius 1 is 1.15 bits per heavy atom. The number of carbonyl (C=O) groups excluding carboxylic acids is 1. The molecule has 2 aromatic rings. The monoisotopic (exact) mass is 280 g/mol. The van der Waals surface area contributed by atoms with Crippen molar-refractivity contribution in [2.45, 2.75) is 19.0 Å². The van der Waals surface area contributed by atoms with Crippen molar-refractivity contribution in [1.82, 2.24) is 9.97 Å².